The summed E-state index contributed by atoms with van der Waals surface area (Å²) in [6.45, 7) is 0. The minimum absolute atomic E-state index is 0.128. The van der Waals surface area contributed by atoms with Gasteiger partial charge in [0.2, 0.25) is 0 Å². The third-order valence-corrected chi connectivity index (χ3v) is 11.3. The molecule has 244 valence electrons. The molecule has 3 aliphatic carbocycles. The first kappa shape index (κ1) is 29.6. The van der Waals surface area contributed by atoms with Crippen LogP contribution in [0.3, 0.4) is 0 Å². The Kier molecular flexibility index (Phi) is 7.09. The Labute approximate surface area is 294 Å². The Bertz CT molecular complexity index is 2160. The smallest absolute Gasteiger partial charge is 0.136 e. The van der Waals surface area contributed by atoms with Crippen molar-refractivity contribution < 1.29 is 0 Å². The number of fused-ring (bicyclic) bond motifs is 5. The fourth-order valence-electron chi connectivity index (χ4n) is 9.23. The van der Waals surface area contributed by atoms with Crippen LogP contribution in [-0.2, 0) is 5.41 Å². The van der Waals surface area contributed by atoms with Crippen molar-refractivity contribution in [1.82, 2.24) is 10.6 Å². The fourth-order valence-corrected chi connectivity index (χ4v) is 9.23. The van der Waals surface area contributed by atoms with E-state index in [4.69, 9.17) is 5.32 Å². The number of para-hydroxylation sites is 1. The van der Waals surface area contributed by atoms with E-state index in [2.05, 4.69) is 179 Å². The van der Waals surface area contributed by atoms with Gasteiger partial charge in [-0.25, -0.2) is 0 Å². The van der Waals surface area contributed by atoms with Gasteiger partial charge in [0, 0.05) is 17.3 Å². The fraction of sp³-hybridized carbons (Fsp3) is 0.174. The summed E-state index contributed by atoms with van der Waals surface area (Å²) < 4.78 is 0. The van der Waals surface area contributed by atoms with Gasteiger partial charge < -0.3 is 10.2 Å². The highest BCUT2D eigenvalue weighted by Gasteiger charge is 2.51. The van der Waals surface area contributed by atoms with Crippen molar-refractivity contribution >= 4 is 11.3 Å². The van der Waals surface area contributed by atoms with Crippen LogP contribution in [0, 0.1) is 0 Å². The summed E-state index contributed by atoms with van der Waals surface area (Å²) >= 11 is 0. The number of anilines is 1. The molecule has 5 aromatic rings. The van der Waals surface area contributed by atoms with Gasteiger partial charge >= 0.3 is 0 Å². The topological polar surface area (TPSA) is 41.4 Å². The van der Waals surface area contributed by atoms with Crippen molar-refractivity contribution in [3.8, 4) is 0 Å². The quantitative estimate of drug-likeness (QED) is 0.200. The first-order valence-corrected chi connectivity index (χ1v) is 18.0. The average Bonchev–Trinajstić information content (AvgIpc) is 3.68. The van der Waals surface area contributed by atoms with Gasteiger partial charge in [0.15, 0.2) is 0 Å². The third kappa shape index (κ3) is 4.49. The minimum Gasteiger partial charge on any atom is -0.624 e. The minimum atomic E-state index is -0.428. The van der Waals surface area contributed by atoms with Crippen molar-refractivity contribution in [3.63, 3.8) is 0 Å². The summed E-state index contributed by atoms with van der Waals surface area (Å²) in [4.78, 5) is 2.55. The molecule has 4 unspecified atom stereocenters. The van der Waals surface area contributed by atoms with Crippen molar-refractivity contribution in [1.29, 1.82) is 0 Å². The molecule has 2 heterocycles. The molecule has 5 aromatic carbocycles. The highest BCUT2D eigenvalue weighted by atomic mass is 15.5. The number of allylic oxidation sites excluding steroid dienone is 6. The van der Waals surface area contributed by atoms with Crippen LogP contribution in [0.4, 0.5) is 5.69 Å². The van der Waals surface area contributed by atoms with Gasteiger partial charge in [-0.3, -0.25) is 10.6 Å². The van der Waals surface area contributed by atoms with Gasteiger partial charge in [-0.2, -0.15) is 0 Å². The molecule has 50 heavy (non-hydrogen) atoms. The summed E-state index contributed by atoms with van der Waals surface area (Å²) in [5.41, 5.74) is 14.1. The number of rotatable bonds is 5. The highest BCUT2D eigenvalue weighted by Crippen LogP contribution is 2.61. The molecule has 1 fully saturated rings. The SMILES string of the molecule is C1=CC(C2[N-]C(c3ccccc3)NC(N3C4=CC5=C(CC4c4ccccc43)c3ccccc3C5(c3ccccc3)c3ccccc3)N2)=CCC1. The van der Waals surface area contributed by atoms with E-state index in [-0.39, 0.29) is 24.5 Å². The maximum Gasteiger partial charge on any atom is 0.136 e. The Morgan fingerprint density at radius 2 is 1.32 bits per heavy atom. The van der Waals surface area contributed by atoms with Crippen LogP contribution in [0.15, 0.2) is 181 Å². The molecular formula is C46H39N4-. The van der Waals surface area contributed by atoms with E-state index >= 15 is 0 Å². The zero-order valence-corrected chi connectivity index (χ0v) is 27.9. The number of benzene rings is 5. The molecule has 0 radical (unpaired) electrons. The second-order valence-electron chi connectivity index (χ2n) is 14.0. The van der Waals surface area contributed by atoms with Crippen LogP contribution in [-0.4, -0.2) is 12.5 Å². The molecule has 0 bridgehead atoms. The van der Waals surface area contributed by atoms with E-state index in [0.717, 1.165) is 19.3 Å². The van der Waals surface area contributed by atoms with Gasteiger partial charge in [0.1, 0.15) is 6.29 Å². The highest BCUT2D eigenvalue weighted by molar-refractivity contribution is 5.91. The Morgan fingerprint density at radius 3 is 2.06 bits per heavy atom. The van der Waals surface area contributed by atoms with Crippen LogP contribution in [0.25, 0.3) is 10.9 Å². The molecule has 2 aliphatic heterocycles. The van der Waals surface area contributed by atoms with Crippen molar-refractivity contribution in [3.05, 3.63) is 219 Å². The van der Waals surface area contributed by atoms with E-state index in [1.807, 2.05) is 0 Å². The number of nitrogens with one attached hydrogen (secondary N) is 2. The zero-order chi connectivity index (χ0) is 33.1. The molecule has 10 rings (SSSR count). The summed E-state index contributed by atoms with van der Waals surface area (Å²) in [5.74, 6) is 0.241. The molecule has 4 atom stereocenters. The first-order chi connectivity index (χ1) is 24.8. The Balaban J connectivity index is 1.17. The standard InChI is InChI=1S/C46H39N4/c1-5-17-31(18-6-1)43-47-44(32-19-7-2-8-20-32)49-45(48-43)50-41-28-16-14-26-36(41)38-29-37-35-25-13-15-27-39(35)46(40(37)30-42(38)50,33-21-9-3-10-22-33)34-23-11-4-12-24-34/h1,3-7,9-28,30,38,43-45,48-49H,2,8,29H2/q-1. The number of hydrogen-bond acceptors (Lipinski definition) is 3. The van der Waals surface area contributed by atoms with Crippen molar-refractivity contribution in [2.75, 3.05) is 4.90 Å². The Morgan fingerprint density at radius 1 is 0.660 bits per heavy atom. The summed E-state index contributed by atoms with van der Waals surface area (Å²) in [7, 11) is 0. The predicted octanol–water partition coefficient (Wildman–Crippen LogP) is 9.83. The molecule has 4 nitrogen and oxygen atoms in total. The summed E-state index contributed by atoms with van der Waals surface area (Å²) in [5, 5.41) is 13.3. The average molecular weight is 648 g/mol. The molecule has 0 aromatic heterocycles. The van der Waals surface area contributed by atoms with Crippen LogP contribution in [0.1, 0.15) is 64.7 Å². The van der Waals surface area contributed by atoms with Gasteiger partial charge in [-0.05, 0) is 70.4 Å². The van der Waals surface area contributed by atoms with E-state index in [1.165, 1.54) is 61.5 Å². The largest absolute Gasteiger partial charge is 0.624 e. The van der Waals surface area contributed by atoms with Gasteiger partial charge in [-0.1, -0.05) is 175 Å². The van der Waals surface area contributed by atoms with Crippen molar-refractivity contribution in [2.45, 2.75) is 49.2 Å². The van der Waals surface area contributed by atoms with E-state index in [0.29, 0.717) is 0 Å². The van der Waals surface area contributed by atoms with Crippen molar-refractivity contribution in [2.24, 2.45) is 0 Å². The van der Waals surface area contributed by atoms with E-state index in [9.17, 15) is 0 Å². The lowest BCUT2D eigenvalue weighted by Crippen LogP contribution is -2.62. The monoisotopic (exact) mass is 647 g/mol. The van der Waals surface area contributed by atoms with Gasteiger partial charge in [-0.15, -0.1) is 0 Å². The van der Waals surface area contributed by atoms with Crippen LogP contribution in [0.2, 0.25) is 0 Å². The van der Waals surface area contributed by atoms with Gasteiger partial charge in [0.25, 0.3) is 0 Å². The van der Waals surface area contributed by atoms with Crippen LogP contribution < -0.4 is 15.5 Å². The molecule has 0 saturated carbocycles. The number of hydrogen-bond donors (Lipinski definition) is 2. The second kappa shape index (κ2) is 12.0. The lowest BCUT2D eigenvalue weighted by Gasteiger charge is -2.53. The molecule has 5 aliphatic rings. The molecule has 1 saturated heterocycles. The maximum atomic E-state index is 5.34. The maximum absolute atomic E-state index is 5.34. The van der Waals surface area contributed by atoms with E-state index in [1.54, 1.807) is 0 Å². The third-order valence-electron chi connectivity index (χ3n) is 11.3. The van der Waals surface area contributed by atoms with Crippen LogP contribution in [0.5, 0.6) is 0 Å². The predicted molar refractivity (Wildman–Crippen MR) is 203 cm³/mol. The number of nitrogens with zero attached hydrogens (tertiary/aromatic N) is 2. The molecule has 0 spiro atoms. The molecule has 4 heteroatoms. The van der Waals surface area contributed by atoms with E-state index < -0.39 is 5.41 Å². The molecule has 0 amide bonds. The molecule has 2 N–H and O–H groups in total. The van der Waals surface area contributed by atoms with Crippen LogP contribution >= 0.6 is 0 Å². The Hall–Kier alpha value is -5.26. The molecular weight excluding hydrogens is 609 g/mol. The normalized spacial score (nSPS) is 24.5. The zero-order valence-electron chi connectivity index (χ0n) is 27.9. The lowest BCUT2D eigenvalue weighted by atomic mass is 9.66. The second-order valence-corrected chi connectivity index (χ2v) is 14.0. The summed E-state index contributed by atoms with van der Waals surface area (Å²) in [6.07, 6.45) is 12.1. The lowest BCUT2D eigenvalue weighted by molar-refractivity contribution is 0.324. The van der Waals surface area contributed by atoms with Gasteiger partial charge in [0.05, 0.1) is 5.41 Å². The first-order valence-electron chi connectivity index (χ1n) is 18.0. The summed E-state index contributed by atoms with van der Waals surface area (Å²) in [6, 6.07) is 51.1.